The lowest BCUT2D eigenvalue weighted by Gasteiger charge is -2.34. The summed E-state index contributed by atoms with van der Waals surface area (Å²) in [6.07, 6.45) is 2.19. The molecule has 1 aliphatic rings. The van der Waals surface area contributed by atoms with Crippen LogP contribution in [-0.4, -0.2) is 56.5 Å². The molecule has 88 valence electrons. The predicted molar refractivity (Wildman–Crippen MR) is 61.5 cm³/mol. The van der Waals surface area contributed by atoms with Crippen LogP contribution in [0, 0.1) is 11.8 Å². The first-order chi connectivity index (χ1) is 7.06. The molecule has 0 radical (unpaired) electrons. The minimum atomic E-state index is 0.0219. The zero-order valence-electron chi connectivity index (χ0n) is 10.1. The molecule has 0 unspecified atom stereocenters. The molecule has 2 N–H and O–H groups in total. The minimum Gasteiger partial charge on any atom is -0.349 e. The van der Waals surface area contributed by atoms with Gasteiger partial charge in [-0.2, -0.15) is 0 Å². The topological polar surface area (TPSA) is 49.6 Å². The highest BCUT2D eigenvalue weighted by atomic mass is 16.2. The van der Waals surface area contributed by atoms with Gasteiger partial charge >= 0.3 is 0 Å². The molecule has 4 heteroatoms. The van der Waals surface area contributed by atoms with Gasteiger partial charge in [0.05, 0.1) is 5.92 Å². The van der Waals surface area contributed by atoms with Crippen LogP contribution >= 0.6 is 0 Å². The zero-order valence-corrected chi connectivity index (χ0v) is 10.1. The second-order valence-corrected chi connectivity index (χ2v) is 4.72. The third-order valence-electron chi connectivity index (χ3n) is 3.34. The number of nitrogens with two attached hydrogens (primary N) is 1. The maximum absolute atomic E-state index is 11.9. The highest BCUT2D eigenvalue weighted by Crippen LogP contribution is 2.24. The van der Waals surface area contributed by atoms with E-state index >= 15 is 0 Å². The van der Waals surface area contributed by atoms with Crippen LogP contribution in [0.15, 0.2) is 0 Å². The SMILES string of the molecule is CN1CCC([C@H](CN)C(=O)N(C)C)CC1. The predicted octanol–water partition coefficient (Wildman–Crippen LogP) is -0.00870. The molecule has 1 atom stereocenters. The van der Waals surface area contributed by atoms with E-state index in [9.17, 15) is 4.79 Å². The van der Waals surface area contributed by atoms with Crippen molar-refractivity contribution in [2.75, 3.05) is 40.8 Å². The Hall–Kier alpha value is -0.610. The van der Waals surface area contributed by atoms with E-state index in [1.165, 1.54) is 0 Å². The van der Waals surface area contributed by atoms with Gasteiger partial charge < -0.3 is 15.5 Å². The van der Waals surface area contributed by atoms with Crippen molar-refractivity contribution in [3.63, 3.8) is 0 Å². The third-order valence-corrected chi connectivity index (χ3v) is 3.34. The molecule has 1 heterocycles. The molecule has 0 aliphatic carbocycles. The van der Waals surface area contributed by atoms with E-state index < -0.39 is 0 Å². The summed E-state index contributed by atoms with van der Waals surface area (Å²) in [4.78, 5) is 15.9. The van der Waals surface area contributed by atoms with Gasteiger partial charge in [-0.15, -0.1) is 0 Å². The van der Waals surface area contributed by atoms with Crippen LogP contribution in [0.4, 0.5) is 0 Å². The molecular formula is C11H23N3O. The van der Waals surface area contributed by atoms with Crippen LogP contribution in [0.5, 0.6) is 0 Å². The largest absolute Gasteiger partial charge is 0.349 e. The molecule has 15 heavy (non-hydrogen) atoms. The normalized spacial score (nSPS) is 21.3. The van der Waals surface area contributed by atoms with E-state index in [1.807, 2.05) is 0 Å². The number of nitrogens with zero attached hydrogens (tertiary/aromatic N) is 2. The molecule has 1 fully saturated rings. The van der Waals surface area contributed by atoms with Crippen molar-refractivity contribution in [2.45, 2.75) is 12.8 Å². The summed E-state index contributed by atoms with van der Waals surface area (Å²) in [5.41, 5.74) is 5.72. The Labute approximate surface area is 92.4 Å². The van der Waals surface area contributed by atoms with E-state index in [0.29, 0.717) is 12.5 Å². The Morgan fingerprint density at radius 3 is 2.40 bits per heavy atom. The van der Waals surface area contributed by atoms with Crippen LogP contribution in [-0.2, 0) is 4.79 Å². The molecule has 0 spiro atoms. The molecular weight excluding hydrogens is 190 g/mol. The second-order valence-electron chi connectivity index (χ2n) is 4.72. The molecule has 4 nitrogen and oxygen atoms in total. The maximum Gasteiger partial charge on any atom is 0.226 e. The van der Waals surface area contributed by atoms with E-state index in [-0.39, 0.29) is 11.8 Å². The first-order valence-corrected chi connectivity index (χ1v) is 5.66. The van der Waals surface area contributed by atoms with Gasteiger partial charge in [0.15, 0.2) is 0 Å². The molecule has 1 aliphatic heterocycles. The Balaban J connectivity index is 2.55. The number of likely N-dealkylation sites (tertiary alicyclic amines) is 1. The summed E-state index contributed by atoms with van der Waals surface area (Å²) in [5, 5.41) is 0. The monoisotopic (exact) mass is 213 g/mol. The first-order valence-electron chi connectivity index (χ1n) is 5.66. The van der Waals surface area contributed by atoms with Crippen molar-refractivity contribution in [1.82, 2.24) is 9.80 Å². The Bertz CT molecular complexity index is 210. The molecule has 0 aromatic rings. The highest BCUT2D eigenvalue weighted by Gasteiger charge is 2.30. The Kier molecular flexibility index (Phi) is 4.54. The van der Waals surface area contributed by atoms with Crippen molar-refractivity contribution in [3.05, 3.63) is 0 Å². The molecule has 1 saturated heterocycles. The minimum absolute atomic E-state index is 0.0219. The van der Waals surface area contributed by atoms with Crippen LogP contribution in [0.25, 0.3) is 0 Å². The molecule has 0 aromatic heterocycles. The first kappa shape index (κ1) is 12.5. The summed E-state index contributed by atoms with van der Waals surface area (Å²) in [6, 6.07) is 0. The van der Waals surface area contributed by atoms with E-state index in [2.05, 4.69) is 11.9 Å². The van der Waals surface area contributed by atoms with Gasteiger partial charge in [-0.3, -0.25) is 4.79 Å². The number of carbonyl (C=O) groups excluding carboxylic acids is 1. The maximum atomic E-state index is 11.9. The average Bonchev–Trinajstić information content (AvgIpc) is 2.21. The lowest BCUT2D eigenvalue weighted by Crippen LogP contribution is -2.43. The smallest absolute Gasteiger partial charge is 0.226 e. The number of carbonyl (C=O) groups is 1. The van der Waals surface area contributed by atoms with Crippen LogP contribution < -0.4 is 5.73 Å². The summed E-state index contributed by atoms with van der Waals surface area (Å²) < 4.78 is 0. The van der Waals surface area contributed by atoms with Gasteiger partial charge in [-0.25, -0.2) is 0 Å². The summed E-state index contributed by atoms with van der Waals surface area (Å²) in [7, 11) is 5.74. The fraction of sp³-hybridized carbons (Fsp3) is 0.909. The number of hydrogen-bond donors (Lipinski definition) is 1. The number of amides is 1. The molecule has 1 rings (SSSR count). The molecule has 1 amide bonds. The lowest BCUT2D eigenvalue weighted by atomic mass is 9.83. The van der Waals surface area contributed by atoms with Crippen molar-refractivity contribution in [1.29, 1.82) is 0 Å². The Morgan fingerprint density at radius 2 is 2.00 bits per heavy atom. The second kappa shape index (κ2) is 5.47. The average molecular weight is 213 g/mol. The standard InChI is InChI=1S/C11H23N3O/c1-13(2)11(15)10(8-12)9-4-6-14(3)7-5-9/h9-10H,4-8,12H2,1-3H3/t10-/m0/s1. The van der Waals surface area contributed by atoms with Gasteiger partial charge in [0, 0.05) is 20.6 Å². The highest BCUT2D eigenvalue weighted by molar-refractivity contribution is 5.78. The third kappa shape index (κ3) is 3.18. The van der Waals surface area contributed by atoms with Crippen molar-refractivity contribution < 1.29 is 4.79 Å². The van der Waals surface area contributed by atoms with Crippen LogP contribution in [0.1, 0.15) is 12.8 Å². The van der Waals surface area contributed by atoms with Crippen molar-refractivity contribution in [2.24, 2.45) is 17.6 Å². The fourth-order valence-electron chi connectivity index (χ4n) is 2.26. The number of hydrogen-bond acceptors (Lipinski definition) is 3. The molecule has 0 saturated carbocycles. The summed E-state index contributed by atoms with van der Waals surface area (Å²) >= 11 is 0. The summed E-state index contributed by atoms with van der Waals surface area (Å²) in [6.45, 7) is 2.65. The van der Waals surface area contributed by atoms with Gasteiger partial charge in [0.25, 0.3) is 0 Å². The van der Waals surface area contributed by atoms with Gasteiger partial charge in [-0.05, 0) is 38.9 Å². The van der Waals surface area contributed by atoms with Gasteiger partial charge in [-0.1, -0.05) is 0 Å². The molecule has 0 bridgehead atoms. The van der Waals surface area contributed by atoms with E-state index in [4.69, 9.17) is 5.73 Å². The zero-order chi connectivity index (χ0) is 11.4. The Morgan fingerprint density at radius 1 is 1.47 bits per heavy atom. The van der Waals surface area contributed by atoms with Crippen molar-refractivity contribution in [3.8, 4) is 0 Å². The van der Waals surface area contributed by atoms with Crippen LogP contribution in [0.3, 0.4) is 0 Å². The lowest BCUT2D eigenvalue weighted by molar-refractivity contribution is -0.135. The van der Waals surface area contributed by atoms with Crippen molar-refractivity contribution >= 4 is 5.91 Å². The van der Waals surface area contributed by atoms with E-state index in [1.54, 1.807) is 19.0 Å². The number of piperidine rings is 1. The van der Waals surface area contributed by atoms with Gasteiger partial charge in [0.1, 0.15) is 0 Å². The van der Waals surface area contributed by atoms with Gasteiger partial charge in [0.2, 0.25) is 5.91 Å². The number of rotatable bonds is 3. The molecule has 0 aromatic carbocycles. The van der Waals surface area contributed by atoms with E-state index in [0.717, 1.165) is 25.9 Å². The quantitative estimate of drug-likeness (QED) is 0.717. The fourth-order valence-corrected chi connectivity index (χ4v) is 2.26. The summed E-state index contributed by atoms with van der Waals surface area (Å²) in [5.74, 6) is 0.682. The van der Waals surface area contributed by atoms with Crippen LogP contribution in [0.2, 0.25) is 0 Å².